The summed E-state index contributed by atoms with van der Waals surface area (Å²) in [6, 6.07) is 4.14. The summed E-state index contributed by atoms with van der Waals surface area (Å²) in [6.45, 7) is 3.99. The topological polar surface area (TPSA) is 43.8 Å². The molecule has 0 bridgehead atoms. The lowest BCUT2D eigenvalue weighted by Crippen LogP contribution is -2.02. The van der Waals surface area contributed by atoms with Gasteiger partial charge in [0.1, 0.15) is 5.65 Å². The normalized spacial score (nSPS) is 11.2. The smallest absolute Gasteiger partial charge is 0.140 e. The molecule has 2 heterocycles. The van der Waals surface area contributed by atoms with E-state index in [1.165, 1.54) is 30.2 Å². The highest BCUT2D eigenvalue weighted by Gasteiger charge is 2.07. The number of nitrogens with zero attached hydrogens (tertiary/aromatic N) is 2. The minimum Gasteiger partial charge on any atom is -0.332 e. The highest BCUT2D eigenvalue weighted by molar-refractivity contribution is 5.80. The molecule has 0 atom stereocenters. The van der Waals surface area contributed by atoms with Crippen LogP contribution < -0.4 is 5.73 Å². The van der Waals surface area contributed by atoms with Crippen molar-refractivity contribution in [1.29, 1.82) is 0 Å². The third kappa shape index (κ3) is 2.67. The zero-order valence-corrected chi connectivity index (χ0v) is 10.5. The van der Waals surface area contributed by atoms with Crippen molar-refractivity contribution >= 4 is 11.0 Å². The van der Waals surface area contributed by atoms with Gasteiger partial charge in [-0.2, -0.15) is 0 Å². The lowest BCUT2D eigenvalue weighted by molar-refractivity contribution is 0.612. The Kier molecular flexibility index (Phi) is 4.15. The van der Waals surface area contributed by atoms with Crippen molar-refractivity contribution in [2.75, 3.05) is 6.54 Å². The lowest BCUT2D eigenvalue weighted by atomic mass is 10.2. The second-order valence-corrected chi connectivity index (χ2v) is 4.47. The summed E-state index contributed by atoms with van der Waals surface area (Å²) < 4.78 is 2.27. The van der Waals surface area contributed by atoms with Gasteiger partial charge in [0, 0.05) is 24.3 Å². The van der Waals surface area contributed by atoms with Crippen LogP contribution in [0.3, 0.4) is 0 Å². The van der Waals surface area contributed by atoms with E-state index in [4.69, 9.17) is 5.73 Å². The summed E-state index contributed by atoms with van der Waals surface area (Å²) in [5.74, 6) is 0. The first-order valence-electron chi connectivity index (χ1n) is 6.49. The number of hydrogen-bond donors (Lipinski definition) is 1. The first-order chi connectivity index (χ1) is 8.36. The Hall–Kier alpha value is -1.35. The van der Waals surface area contributed by atoms with Crippen LogP contribution in [0.2, 0.25) is 0 Å². The summed E-state index contributed by atoms with van der Waals surface area (Å²) in [7, 11) is 0. The van der Waals surface area contributed by atoms with Crippen molar-refractivity contribution < 1.29 is 0 Å². The molecule has 0 saturated carbocycles. The Balaban J connectivity index is 2.28. The zero-order valence-electron chi connectivity index (χ0n) is 10.5. The third-order valence-electron chi connectivity index (χ3n) is 3.13. The average molecular weight is 231 g/mol. The van der Waals surface area contributed by atoms with E-state index in [2.05, 4.69) is 28.7 Å². The molecule has 0 aliphatic rings. The van der Waals surface area contributed by atoms with Crippen LogP contribution in [0.4, 0.5) is 0 Å². The van der Waals surface area contributed by atoms with Crippen LogP contribution in [-0.4, -0.2) is 16.1 Å². The second-order valence-electron chi connectivity index (χ2n) is 4.47. The third-order valence-corrected chi connectivity index (χ3v) is 3.13. The van der Waals surface area contributed by atoms with Crippen LogP contribution in [0.25, 0.3) is 11.0 Å². The van der Waals surface area contributed by atoms with Gasteiger partial charge >= 0.3 is 0 Å². The van der Waals surface area contributed by atoms with E-state index in [0.717, 1.165) is 18.6 Å². The summed E-state index contributed by atoms with van der Waals surface area (Å²) in [5, 5.41) is 1.26. The first-order valence-corrected chi connectivity index (χ1v) is 6.49. The van der Waals surface area contributed by atoms with E-state index < -0.39 is 0 Å². The molecular weight excluding hydrogens is 210 g/mol. The molecule has 3 nitrogen and oxygen atoms in total. The quantitative estimate of drug-likeness (QED) is 0.777. The number of fused-ring (bicyclic) bond motifs is 1. The van der Waals surface area contributed by atoms with E-state index in [0.29, 0.717) is 6.54 Å². The molecule has 3 heteroatoms. The molecule has 0 aliphatic heterocycles. The summed E-state index contributed by atoms with van der Waals surface area (Å²) in [5.41, 5.74) is 8.08. The van der Waals surface area contributed by atoms with E-state index >= 15 is 0 Å². The zero-order chi connectivity index (χ0) is 12.1. The average Bonchev–Trinajstić information content (AvgIpc) is 2.70. The number of hydrogen-bond acceptors (Lipinski definition) is 2. The molecule has 0 radical (unpaired) electrons. The van der Waals surface area contributed by atoms with Gasteiger partial charge in [0.15, 0.2) is 0 Å². The van der Waals surface area contributed by atoms with Crippen molar-refractivity contribution in [2.24, 2.45) is 5.73 Å². The SMILES string of the molecule is CCCCCn1cc(CCN)c2cccnc21. The van der Waals surface area contributed by atoms with Crippen LogP contribution in [0.5, 0.6) is 0 Å². The molecule has 2 aromatic rings. The van der Waals surface area contributed by atoms with Crippen LogP contribution in [0.15, 0.2) is 24.5 Å². The summed E-state index contributed by atoms with van der Waals surface area (Å²) in [6.07, 6.45) is 8.77. The van der Waals surface area contributed by atoms with E-state index in [-0.39, 0.29) is 0 Å². The number of rotatable bonds is 6. The number of pyridine rings is 1. The monoisotopic (exact) mass is 231 g/mol. The molecule has 0 unspecified atom stereocenters. The number of nitrogens with two attached hydrogens (primary N) is 1. The Bertz CT molecular complexity index is 473. The fourth-order valence-corrected chi connectivity index (χ4v) is 2.25. The number of unbranched alkanes of at least 4 members (excludes halogenated alkanes) is 2. The molecule has 2 aromatic heterocycles. The lowest BCUT2D eigenvalue weighted by Gasteiger charge is -2.02. The predicted molar refractivity (Wildman–Crippen MR) is 72.0 cm³/mol. The van der Waals surface area contributed by atoms with E-state index in [1.807, 2.05) is 12.3 Å². The number of aromatic nitrogens is 2. The molecule has 92 valence electrons. The molecule has 0 spiro atoms. The molecule has 0 aliphatic carbocycles. The van der Waals surface area contributed by atoms with Gasteiger partial charge in [0.2, 0.25) is 0 Å². The Labute approximate surface area is 103 Å². The van der Waals surface area contributed by atoms with Crippen LogP contribution >= 0.6 is 0 Å². The van der Waals surface area contributed by atoms with Crippen LogP contribution in [0.1, 0.15) is 31.7 Å². The second kappa shape index (κ2) is 5.82. The first kappa shape index (κ1) is 12.1. The van der Waals surface area contributed by atoms with Gasteiger partial charge in [-0.1, -0.05) is 19.8 Å². The summed E-state index contributed by atoms with van der Waals surface area (Å²) >= 11 is 0. The highest BCUT2D eigenvalue weighted by Crippen LogP contribution is 2.20. The van der Waals surface area contributed by atoms with Gasteiger partial charge in [-0.25, -0.2) is 4.98 Å². The van der Waals surface area contributed by atoms with Gasteiger partial charge in [-0.05, 0) is 37.1 Å². The maximum absolute atomic E-state index is 5.65. The largest absolute Gasteiger partial charge is 0.332 e. The van der Waals surface area contributed by atoms with Gasteiger partial charge < -0.3 is 10.3 Å². The minimum atomic E-state index is 0.697. The standard InChI is InChI=1S/C14H21N3/c1-2-3-4-10-17-11-12(7-8-15)13-6-5-9-16-14(13)17/h5-6,9,11H,2-4,7-8,10,15H2,1H3. The molecule has 0 amide bonds. The van der Waals surface area contributed by atoms with Crippen molar-refractivity contribution in [1.82, 2.24) is 9.55 Å². The fourth-order valence-electron chi connectivity index (χ4n) is 2.25. The molecule has 0 saturated heterocycles. The van der Waals surface area contributed by atoms with E-state index in [9.17, 15) is 0 Å². The van der Waals surface area contributed by atoms with Crippen molar-refractivity contribution in [2.45, 2.75) is 39.2 Å². The molecule has 2 N–H and O–H groups in total. The minimum absolute atomic E-state index is 0.697. The number of aryl methyl sites for hydroxylation is 1. The molecule has 2 rings (SSSR count). The Morgan fingerprint density at radius 2 is 2.24 bits per heavy atom. The molecule has 0 fully saturated rings. The van der Waals surface area contributed by atoms with Gasteiger partial charge in [-0.3, -0.25) is 0 Å². The van der Waals surface area contributed by atoms with Crippen molar-refractivity contribution in [3.63, 3.8) is 0 Å². The maximum Gasteiger partial charge on any atom is 0.140 e. The Morgan fingerprint density at radius 3 is 3.00 bits per heavy atom. The molecular formula is C14H21N3. The summed E-state index contributed by atoms with van der Waals surface area (Å²) in [4.78, 5) is 4.48. The highest BCUT2D eigenvalue weighted by atomic mass is 15.0. The van der Waals surface area contributed by atoms with Gasteiger partial charge in [0.25, 0.3) is 0 Å². The van der Waals surface area contributed by atoms with Gasteiger partial charge in [-0.15, -0.1) is 0 Å². The fraction of sp³-hybridized carbons (Fsp3) is 0.500. The molecule has 0 aromatic carbocycles. The Morgan fingerprint density at radius 1 is 1.35 bits per heavy atom. The van der Waals surface area contributed by atoms with Gasteiger partial charge in [0.05, 0.1) is 0 Å². The van der Waals surface area contributed by atoms with Crippen LogP contribution in [-0.2, 0) is 13.0 Å². The van der Waals surface area contributed by atoms with E-state index in [1.54, 1.807) is 0 Å². The molecule has 17 heavy (non-hydrogen) atoms. The predicted octanol–water partition coefficient (Wildman–Crippen LogP) is 2.73. The van der Waals surface area contributed by atoms with Crippen LogP contribution in [0, 0.1) is 0 Å². The maximum atomic E-state index is 5.65. The van der Waals surface area contributed by atoms with Crippen molar-refractivity contribution in [3.05, 3.63) is 30.1 Å². The van der Waals surface area contributed by atoms with Crippen molar-refractivity contribution in [3.8, 4) is 0 Å².